The van der Waals surface area contributed by atoms with Crippen LogP contribution >= 0.6 is 11.3 Å². The first-order chi connectivity index (χ1) is 16.2. The first-order valence-electron chi connectivity index (χ1n) is 11.3. The Morgan fingerprint density at radius 1 is 1.21 bits per heavy atom. The maximum absolute atomic E-state index is 11.9. The molecule has 0 aliphatic carbocycles. The number of benzene rings is 2. The van der Waals surface area contributed by atoms with Gasteiger partial charge in [0.15, 0.2) is 0 Å². The number of fused-ring (bicyclic) bond motifs is 1. The highest BCUT2D eigenvalue weighted by Crippen LogP contribution is 2.31. The van der Waals surface area contributed by atoms with Gasteiger partial charge in [-0.25, -0.2) is 4.79 Å². The number of aliphatic hydroxyl groups excluding tert-OH is 2. The molecular weight excluding hydrogens is 456 g/mol. The first kappa shape index (κ1) is 25.9. The Kier molecular flexibility index (Phi) is 8.84. The molecular formula is C25H32N2O6S. The van der Waals surface area contributed by atoms with Gasteiger partial charge in [0.05, 0.1) is 22.9 Å². The molecule has 1 heterocycles. The molecule has 0 spiro atoms. The number of hydrogen-bond acceptors (Lipinski definition) is 8. The van der Waals surface area contributed by atoms with Crippen LogP contribution in [0, 0.1) is 0 Å². The Morgan fingerprint density at radius 2 is 1.94 bits per heavy atom. The molecule has 3 aromatic rings. The third kappa shape index (κ3) is 7.14. The maximum Gasteiger partial charge on any atom is 0.337 e. The number of rotatable bonds is 12. The van der Waals surface area contributed by atoms with E-state index >= 15 is 0 Å². The highest BCUT2D eigenvalue weighted by Gasteiger charge is 2.22. The number of β-amino-alcohol motifs (C(OH)–C–C–N with tert-alkyl or cyclic N) is 1. The summed E-state index contributed by atoms with van der Waals surface area (Å²) in [5.74, 6) is 0.184. The number of aromatic amines is 1. The van der Waals surface area contributed by atoms with Gasteiger partial charge in [-0.05, 0) is 50.5 Å². The molecule has 0 amide bonds. The van der Waals surface area contributed by atoms with E-state index in [9.17, 15) is 14.7 Å². The summed E-state index contributed by atoms with van der Waals surface area (Å²) in [6.45, 7) is 6.40. The molecule has 0 fully saturated rings. The van der Waals surface area contributed by atoms with Crippen LogP contribution < -0.4 is 19.7 Å². The number of carbonyl (C=O) groups is 1. The molecule has 4 N–H and O–H groups in total. The average molecular weight is 489 g/mol. The second kappa shape index (κ2) is 11.6. The Hall–Kier alpha value is -2.72. The van der Waals surface area contributed by atoms with E-state index < -0.39 is 18.7 Å². The van der Waals surface area contributed by atoms with Gasteiger partial charge in [0.25, 0.3) is 0 Å². The van der Waals surface area contributed by atoms with E-state index in [0.29, 0.717) is 22.4 Å². The molecule has 8 nitrogen and oxygen atoms in total. The van der Waals surface area contributed by atoms with Crippen LogP contribution in [0.1, 0.15) is 50.8 Å². The molecule has 184 valence electrons. The van der Waals surface area contributed by atoms with Crippen molar-refractivity contribution >= 4 is 27.5 Å². The molecule has 0 saturated carbocycles. The van der Waals surface area contributed by atoms with Crippen LogP contribution in [0.2, 0.25) is 0 Å². The van der Waals surface area contributed by atoms with Crippen molar-refractivity contribution in [1.29, 1.82) is 0 Å². The third-order valence-electron chi connectivity index (χ3n) is 5.35. The lowest BCUT2D eigenvalue weighted by atomic mass is 9.94. The molecule has 1 aromatic heterocycles. The van der Waals surface area contributed by atoms with Crippen LogP contribution in [-0.2, 0) is 11.2 Å². The predicted molar refractivity (Wildman–Crippen MR) is 133 cm³/mol. The minimum absolute atomic E-state index is 0.148. The summed E-state index contributed by atoms with van der Waals surface area (Å²) in [5, 5.41) is 23.3. The summed E-state index contributed by atoms with van der Waals surface area (Å²) in [7, 11) is 0. The van der Waals surface area contributed by atoms with Crippen molar-refractivity contribution in [3.8, 4) is 11.5 Å². The molecule has 2 aromatic carbocycles. The average Bonchev–Trinajstić information content (AvgIpc) is 3.18. The second-order valence-corrected chi connectivity index (χ2v) is 9.82. The lowest BCUT2D eigenvalue weighted by molar-refractivity contribution is -0.137. The summed E-state index contributed by atoms with van der Waals surface area (Å²) in [6.07, 6.45) is 1.90. The van der Waals surface area contributed by atoms with Gasteiger partial charge in [-0.15, -0.1) is 0 Å². The Bertz CT molecular complexity index is 1150. The highest BCUT2D eigenvalue weighted by atomic mass is 32.1. The van der Waals surface area contributed by atoms with E-state index in [0.717, 1.165) is 41.9 Å². The van der Waals surface area contributed by atoms with Gasteiger partial charge in [-0.1, -0.05) is 36.8 Å². The number of unbranched alkanes of at least 4 members (excludes halogenated alkanes) is 1. The number of nitrogens with one attached hydrogen (secondary N) is 2. The molecule has 1 atom stereocenters. The summed E-state index contributed by atoms with van der Waals surface area (Å²) in [4.78, 5) is 25.8. The van der Waals surface area contributed by atoms with Crippen molar-refractivity contribution < 1.29 is 24.5 Å². The number of aliphatic hydroxyl groups is 2. The molecule has 3 rings (SSSR count). The topological polar surface area (TPSA) is 121 Å². The van der Waals surface area contributed by atoms with Crippen LogP contribution in [0.3, 0.4) is 0 Å². The van der Waals surface area contributed by atoms with Crippen LogP contribution in [-0.4, -0.2) is 46.5 Å². The van der Waals surface area contributed by atoms with Crippen LogP contribution in [0.15, 0.2) is 41.2 Å². The van der Waals surface area contributed by atoms with Gasteiger partial charge in [0.2, 0.25) is 0 Å². The van der Waals surface area contributed by atoms with E-state index in [1.165, 1.54) is 12.1 Å². The lowest BCUT2D eigenvalue weighted by Gasteiger charge is -2.28. The van der Waals surface area contributed by atoms with Crippen molar-refractivity contribution in [2.24, 2.45) is 0 Å². The van der Waals surface area contributed by atoms with E-state index in [1.54, 1.807) is 0 Å². The number of H-pyrrole nitrogens is 1. The molecule has 0 aliphatic rings. The minimum Gasteiger partial charge on any atom is -0.494 e. The normalized spacial score (nSPS) is 12.6. The zero-order chi connectivity index (χ0) is 24.7. The molecule has 0 radical (unpaired) electrons. The fraction of sp³-hybridized carbons (Fsp3) is 0.440. The quantitative estimate of drug-likeness (QED) is 0.175. The van der Waals surface area contributed by atoms with Gasteiger partial charge < -0.3 is 30.0 Å². The van der Waals surface area contributed by atoms with Crippen molar-refractivity contribution in [3.63, 3.8) is 0 Å². The monoisotopic (exact) mass is 488 g/mol. The number of thiazole rings is 1. The fourth-order valence-electron chi connectivity index (χ4n) is 3.62. The standard InChI is InChI=1S/C25H32N2O6S/c1-4-5-10-32-17-8-6-16(7-9-17)13-25(2,3)26-14-21(29)19-11-18(33-22(30)15-28)12-20-23(19)34-24(31)27-20/h6-9,11-12,21,26,28-29H,4-5,10,13-15H2,1-3H3,(H,27,31). The molecule has 0 bridgehead atoms. The van der Waals surface area contributed by atoms with E-state index in [4.69, 9.17) is 14.6 Å². The number of esters is 1. The zero-order valence-corrected chi connectivity index (χ0v) is 20.5. The minimum atomic E-state index is -0.949. The lowest BCUT2D eigenvalue weighted by Crippen LogP contribution is -2.43. The molecule has 34 heavy (non-hydrogen) atoms. The summed E-state index contributed by atoms with van der Waals surface area (Å²) >= 11 is 0.984. The van der Waals surface area contributed by atoms with Gasteiger partial charge in [-0.3, -0.25) is 4.79 Å². The number of carbonyl (C=O) groups excluding carboxylic acids is 1. The highest BCUT2D eigenvalue weighted by molar-refractivity contribution is 7.16. The Balaban J connectivity index is 1.67. The van der Waals surface area contributed by atoms with Gasteiger partial charge in [0.1, 0.15) is 18.1 Å². The van der Waals surface area contributed by atoms with Gasteiger partial charge >= 0.3 is 10.8 Å². The summed E-state index contributed by atoms with van der Waals surface area (Å²) < 4.78 is 11.4. The van der Waals surface area contributed by atoms with Gasteiger partial charge in [-0.2, -0.15) is 0 Å². The van der Waals surface area contributed by atoms with Gasteiger partial charge in [0, 0.05) is 23.7 Å². The SMILES string of the molecule is CCCCOc1ccc(CC(C)(C)NCC(O)c2cc(OC(=O)CO)cc3[nH]c(=O)sc23)cc1. The predicted octanol–water partition coefficient (Wildman–Crippen LogP) is 3.31. The van der Waals surface area contributed by atoms with Crippen LogP contribution in [0.5, 0.6) is 11.5 Å². The molecule has 1 unspecified atom stereocenters. The third-order valence-corrected chi connectivity index (χ3v) is 6.30. The van der Waals surface area contributed by atoms with Crippen LogP contribution in [0.4, 0.5) is 0 Å². The van der Waals surface area contributed by atoms with Crippen molar-refractivity contribution in [1.82, 2.24) is 10.3 Å². The maximum atomic E-state index is 11.9. The number of aromatic nitrogens is 1. The van der Waals surface area contributed by atoms with Crippen molar-refractivity contribution in [2.45, 2.75) is 51.7 Å². The van der Waals surface area contributed by atoms with Crippen LogP contribution in [0.25, 0.3) is 10.2 Å². The molecule has 0 aliphatic heterocycles. The van der Waals surface area contributed by atoms with E-state index in [2.05, 4.69) is 31.1 Å². The second-order valence-electron chi connectivity index (χ2n) is 8.84. The van der Waals surface area contributed by atoms with Crippen molar-refractivity contribution in [2.75, 3.05) is 19.8 Å². The largest absolute Gasteiger partial charge is 0.494 e. The number of ether oxygens (including phenoxy) is 2. The Morgan fingerprint density at radius 3 is 2.62 bits per heavy atom. The Labute approximate surface area is 202 Å². The molecule has 0 saturated heterocycles. The van der Waals surface area contributed by atoms with E-state index in [-0.39, 0.29) is 22.7 Å². The first-order valence-corrected chi connectivity index (χ1v) is 12.2. The van der Waals surface area contributed by atoms with Crippen molar-refractivity contribution in [3.05, 3.63) is 57.2 Å². The summed E-state index contributed by atoms with van der Waals surface area (Å²) in [6, 6.07) is 11.1. The summed E-state index contributed by atoms with van der Waals surface area (Å²) in [5.41, 5.74) is 1.75. The molecule has 9 heteroatoms. The fourth-order valence-corrected chi connectivity index (χ4v) is 4.50. The number of hydrogen-bond donors (Lipinski definition) is 4. The zero-order valence-electron chi connectivity index (χ0n) is 19.7. The smallest absolute Gasteiger partial charge is 0.337 e. The van der Waals surface area contributed by atoms with E-state index in [1.807, 2.05) is 24.3 Å².